The van der Waals surface area contributed by atoms with E-state index in [4.69, 9.17) is 11.6 Å². The molecule has 2 nitrogen and oxygen atoms in total. The molecule has 0 aliphatic carbocycles. The van der Waals surface area contributed by atoms with E-state index in [9.17, 15) is 10.2 Å². The van der Waals surface area contributed by atoms with E-state index >= 15 is 0 Å². The normalized spacial score (nSPS) is 10.5. The lowest BCUT2D eigenvalue weighted by molar-refractivity contribution is 0.408. The lowest BCUT2D eigenvalue weighted by Gasteiger charge is -2.04. The Morgan fingerprint density at radius 2 is 1.77 bits per heavy atom. The van der Waals surface area contributed by atoms with Crippen molar-refractivity contribution in [1.82, 2.24) is 0 Å². The van der Waals surface area contributed by atoms with E-state index in [1.807, 2.05) is 6.07 Å². The average Bonchev–Trinajstić information content (AvgIpc) is 2.12. The number of hydrogen-bond acceptors (Lipinski definition) is 2. The third kappa shape index (κ3) is 1.19. The van der Waals surface area contributed by atoms with Crippen LogP contribution in [0.3, 0.4) is 0 Å². The summed E-state index contributed by atoms with van der Waals surface area (Å²) in [5.41, 5.74) is 0. The lowest BCUT2D eigenvalue weighted by Crippen LogP contribution is -1.76. The van der Waals surface area contributed by atoms with Crippen molar-refractivity contribution in [3.63, 3.8) is 0 Å². The molecule has 2 aromatic carbocycles. The van der Waals surface area contributed by atoms with E-state index in [2.05, 4.69) is 0 Å². The van der Waals surface area contributed by atoms with Gasteiger partial charge < -0.3 is 10.2 Å². The Balaban J connectivity index is 2.97. The second kappa shape index (κ2) is 2.82. The molecule has 0 radical (unpaired) electrons. The standard InChI is InChI=1S/C10H7ClO2/c11-7-3-1-2-6-4-5-8(12)10(13)9(6)7/h1-5,12-13H. The molecule has 0 bridgehead atoms. The fourth-order valence-corrected chi connectivity index (χ4v) is 1.58. The minimum Gasteiger partial charge on any atom is -0.504 e. The van der Waals surface area contributed by atoms with E-state index < -0.39 is 0 Å². The molecule has 2 rings (SSSR count). The molecule has 0 spiro atoms. The number of halogens is 1. The van der Waals surface area contributed by atoms with Crippen molar-refractivity contribution < 1.29 is 10.2 Å². The first-order valence-electron chi connectivity index (χ1n) is 3.79. The topological polar surface area (TPSA) is 40.5 Å². The number of phenolic OH excluding ortho intramolecular Hbond substituents is 2. The summed E-state index contributed by atoms with van der Waals surface area (Å²) in [6.07, 6.45) is 0. The van der Waals surface area contributed by atoms with Crippen molar-refractivity contribution in [1.29, 1.82) is 0 Å². The summed E-state index contributed by atoms with van der Waals surface area (Å²) < 4.78 is 0. The Hall–Kier alpha value is -1.41. The minimum atomic E-state index is -0.164. The van der Waals surface area contributed by atoms with Crippen LogP contribution in [0, 0.1) is 0 Å². The van der Waals surface area contributed by atoms with Crippen LogP contribution in [-0.2, 0) is 0 Å². The summed E-state index contributed by atoms with van der Waals surface area (Å²) in [4.78, 5) is 0. The van der Waals surface area contributed by atoms with Crippen LogP contribution in [0.1, 0.15) is 0 Å². The van der Waals surface area contributed by atoms with Crippen molar-refractivity contribution in [3.05, 3.63) is 35.4 Å². The maximum Gasteiger partial charge on any atom is 0.166 e. The number of rotatable bonds is 0. The largest absolute Gasteiger partial charge is 0.504 e. The third-order valence-corrected chi connectivity index (χ3v) is 2.26. The predicted molar refractivity (Wildman–Crippen MR) is 52.3 cm³/mol. The van der Waals surface area contributed by atoms with Crippen LogP contribution in [0.25, 0.3) is 10.8 Å². The molecule has 0 saturated carbocycles. The molecular weight excluding hydrogens is 188 g/mol. The van der Waals surface area contributed by atoms with E-state index in [0.29, 0.717) is 10.4 Å². The van der Waals surface area contributed by atoms with Gasteiger partial charge in [-0.25, -0.2) is 0 Å². The summed E-state index contributed by atoms with van der Waals surface area (Å²) in [6, 6.07) is 8.43. The number of fused-ring (bicyclic) bond motifs is 1. The molecule has 13 heavy (non-hydrogen) atoms. The third-order valence-electron chi connectivity index (χ3n) is 1.95. The number of phenols is 2. The van der Waals surface area contributed by atoms with Gasteiger partial charge in [-0.05, 0) is 17.5 Å². The Morgan fingerprint density at radius 3 is 2.54 bits per heavy atom. The highest BCUT2D eigenvalue weighted by atomic mass is 35.5. The summed E-state index contributed by atoms with van der Waals surface area (Å²) in [5.74, 6) is -0.316. The smallest absolute Gasteiger partial charge is 0.166 e. The SMILES string of the molecule is Oc1ccc2cccc(Cl)c2c1O. The van der Waals surface area contributed by atoms with E-state index in [-0.39, 0.29) is 11.5 Å². The van der Waals surface area contributed by atoms with Gasteiger partial charge in [0.05, 0.1) is 5.02 Å². The lowest BCUT2D eigenvalue weighted by atomic mass is 10.1. The summed E-state index contributed by atoms with van der Waals surface area (Å²) in [6.45, 7) is 0. The molecule has 0 unspecified atom stereocenters. The van der Waals surface area contributed by atoms with Gasteiger partial charge in [0.1, 0.15) is 0 Å². The quantitative estimate of drug-likeness (QED) is 0.633. The fraction of sp³-hybridized carbons (Fsp3) is 0. The average molecular weight is 195 g/mol. The summed E-state index contributed by atoms with van der Waals surface area (Å²) in [7, 11) is 0. The second-order valence-corrected chi connectivity index (χ2v) is 3.18. The molecule has 66 valence electrons. The van der Waals surface area contributed by atoms with Crippen LogP contribution < -0.4 is 0 Å². The van der Waals surface area contributed by atoms with Crippen molar-refractivity contribution in [2.45, 2.75) is 0 Å². The summed E-state index contributed by atoms with van der Waals surface area (Å²) in [5, 5.41) is 20.5. The van der Waals surface area contributed by atoms with Crippen LogP contribution in [0.5, 0.6) is 11.5 Å². The van der Waals surface area contributed by atoms with Crippen molar-refractivity contribution >= 4 is 22.4 Å². The molecule has 0 aliphatic rings. The van der Waals surface area contributed by atoms with Gasteiger partial charge in [-0.3, -0.25) is 0 Å². The molecular formula is C10H7ClO2. The fourth-order valence-electron chi connectivity index (χ4n) is 1.31. The first-order chi connectivity index (χ1) is 6.20. The van der Waals surface area contributed by atoms with Crippen LogP contribution in [-0.4, -0.2) is 10.2 Å². The molecule has 0 fully saturated rings. The van der Waals surface area contributed by atoms with Crippen molar-refractivity contribution in [3.8, 4) is 11.5 Å². The second-order valence-electron chi connectivity index (χ2n) is 2.77. The first kappa shape index (κ1) is 8.20. The maximum absolute atomic E-state index is 9.50. The molecule has 0 aromatic heterocycles. The van der Waals surface area contributed by atoms with Gasteiger partial charge in [0.25, 0.3) is 0 Å². The summed E-state index contributed by atoms with van der Waals surface area (Å²) >= 11 is 5.86. The van der Waals surface area contributed by atoms with Gasteiger partial charge in [0, 0.05) is 5.39 Å². The number of aromatic hydroxyl groups is 2. The van der Waals surface area contributed by atoms with Gasteiger partial charge in [-0.15, -0.1) is 0 Å². The van der Waals surface area contributed by atoms with Crippen LogP contribution in [0.4, 0.5) is 0 Å². The van der Waals surface area contributed by atoms with Crippen molar-refractivity contribution in [2.75, 3.05) is 0 Å². The molecule has 0 amide bonds. The van der Waals surface area contributed by atoms with Crippen LogP contribution in [0.2, 0.25) is 5.02 Å². The van der Waals surface area contributed by atoms with Gasteiger partial charge in [0.15, 0.2) is 11.5 Å². The Kier molecular flexibility index (Phi) is 1.78. The highest BCUT2D eigenvalue weighted by Crippen LogP contribution is 2.37. The Labute approximate surface area is 80.0 Å². The molecule has 3 heteroatoms. The number of benzene rings is 2. The Bertz CT molecular complexity index is 466. The van der Waals surface area contributed by atoms with E-state index in [1.54, 1.807) is 18.2 Å². The zero-order chi connectivity index (χ0) is 9.42. The van der Waals surface area contributed by atoms with Gasteiger partial charge >= 0.3 is 0 Å². The van der Waals surface area contributed by atoms with Gasteiger partial charge in [-0.1, -0.05) is 29.8 Å². The van der Waals surface area contributed by atoms with Gasteiger partial charge in [-0.2, -0.15) is 0 Å². The molecule has 2 N–H and O–H groups in total. The maximum atomic E-state index is 9.50. The zero-order valence-electron chi connectivity index (χ0n) is 6.66. The van der Waals surface area contributed by atoms with Crippen LogP contribution in [0.15, 0.2) is 30.3 Å². The van der Waals surface area contributed by atoms with Crippen molar-refractivity contribution in [2.24, 2.45) is 0 Å². The Morgan fingerprint density at radius 1 is 1.00 bits per heavy atom. The molecule has 0 aliphatic heterocycles. The zero-order valence-corrected chi connectivity index (χ0v) is 7.42. The first-order valence-corrected chi connectivity index (χ1v) is 4.17. The highest BCUT2D eigenvalue weighted by Gasteiger charge is 2.07. The van der Waals surface area contributed by atoms with Gasteiger partial charge in [0.2, 0.25) is 0 Å². The number of hydrogen-bond donors (Lipinski definition) is 2. The van der Waals surface area contributed by atoms with E-state index in [0.717, 1.165) is 5.39 Å². The van der Waals surface area contributed by atoms with Crippen LogP contribution >= 0.6 is 11.6 Å². The molecule has 2 aromatic rings. The molecule has 0 saturated heterocycles. The highest BCUT2D eigenvalue weighted by molar-refractivity contribution is 6.36. The monoisotopic (exact) mass is 194 g/mol. The van der Waals surface area contributed by atoms with E-state index in [1.165, 1.54) is 6.07 Å². The predicted octanol–water partition coefficient (Wildman–Crippen LogP) is 2.90. The minimum absolute atomic E-state index is 0.152. The molecule has 0 heterocycles. The molecule has 0 atom stereocenters.